The van der Waals surface area contributed by atoms with Gasteiger partial charge in [0.05, 0.1) is 11.3 Å². The maximum atomic E-state index is 13.3. The number of hydrogen-bond donors (Lipinski definition) is 0. The minimum atomic E-state index is -0.0521. The summed E-state index contributed by atoms with van der Waals surface area (Å²) < 4.78 is 0. The first-order chi connectivity index (χ1) is 14.0. The number of rotatable bonds is 1. The zero-order chi connectivity index (χ0) is 20.8. The molecule has 3 rings (SSSR count). The van der Waals surface area contributed by atoms with E-state index in [0.717, 1.165) is 43.4 Å². The molecule has 0 fully saturated rings. The van der Waals surface area contributed by atoms with Gasteiger partial charge < -0.3 is 9.80 Å². The highest BCUT2D eigenvalue weighted by Gasteiger charge is 2.22. The predicted molar refractivity (Wildman–Crippen MR) is 114 cm³/mol. The number of nitrogens with zero attached hydrogens (tertiary/aromatic N) is 4. The van der Waals surface area contributed by atoms with Crippen LogP contribution in [-0.2, 0) is 11.3 Å². The van der Waals surface area contributed by atoms with Gasteiger partial charge >= 0.3 is 0 Å². The summed E-state index contributed by atoms with van der Waals surface area (Å²) in [5.41, 5.74) is 3.13. The average Bonchev–Trinajstić information content (AvgIpc) is 2.68. The number of amides is 2. The van der Waals surface area contributed by atoms with Crippen molar-refractivity contribution >= 4 is 17.5 Å². The first-order valence-electron chi connectivity index (χ1n) is 10.4. The summed E-state index contributed by atoms with van der Waals surface area (Å²) in [6, 6.07) is 7.90. The Morgan fingerprint density at radius 3 is 2.38 bits per heavy atom. The monoisotopic (exact) mass is 394 g/mol. The van der Waals surface area contributed by atoms with Crippen molar-refractivity contribution in [3.63, 3.8) is 0 Å². The van der Waals surface area contributed by atoms with E-state index in [1.54, 1.807) is 13.1 Å². The maximum absolute atomic E-state index is 13.3. The van der Waals surface area contributed by atoms with E-state index in [1.165, 1.54) is 0 Å². The summed E-state index contributed by atoms with van der Waals surface area (Å²) in [6.45, 7) is 7.14. The Morgan fingerprint density at radius 1 is 0.966 bits per heavy atom. The van der Waals surface area contributed by atoms with Gasteiger partial charge in [-0.15, -0.1) is 0 Å². The van der Waals surface area contributed by atoms with E-state index < -0.39 is 0 Å². The Hall–Kier alpha value is -2.76. The zero-order valence-corrected chi connectivity index (χ0v) is 17.6. The van der Waals surface area contributed by atoms with Gasteiger partial charge in [-0.3, -0.25) is 9.59 Å². The second kappa shape index (κ2) is 9.63. The lowest BCUT2D eigenvalue weighted by Crippen LogP contribution is -2.35. The lowest BCUT2D eigenvalue weighted by atomic mass is 10.1. The molecule has 0 aliphatic carbocycles. The SMILES string of the molecule is CC(=O)N1CCCCCCCN(C(=O)c2cnc(C)nc2C)Cc2ccccc21. The van der Waals surface area contributed by atoms with Crippen LogP contribution in [0.15, 0.2) is 30.5 Å². The Bertz CT molecular complexity index is 881. The minimum absolute atomic E-state index is 0.0372. The Kier molecular flexibility index (Phi) is 6.96. The summed E-state index contributed by atoms with van der Waals surface area (Å²) in [5, 5.41) is 0. The molecule has 0 N–H and O–H groups in total. The molecule has 0 saturated carbocycles. The van der Waals surface area contributed by atoms with Crippen LogP contribution in [-0.4, -0.2) is 39.8 Å². The third-order valence-electron chi connectivity index (χ3n) is 5.45. The topological polar surface area (TPSA) is 66.4 Å². The molecule has 154 valence electrons. The van der Waals surface area contributed by atoms with Crippen molar-refractivity contribution in [3.05, 3.63) is 53.1 Å². The van der Waals surface area contributed by atoms with Gasteiger partial charge in [0.25, 0.3) is 5.91 Å². The van der Waals surface area contributed by atoms with Gasteiger partial charge in [0.2, 0.25) is 5.91 Å². The molecule has 0 bridgehead atoms. The van der Waals surface area contributed by atoms with Crippen LogP contribution in [0.25, 0.3) is 0 Å². The first-order valence-corrected chi connectivity index (χ1v) is 10.4. The number of fused-ring (bicyclic) bond motifs is 1. The fourth-order valence-corrected chi connectivity index (χ4v) is 3.88. The van der Waals surface area contributed by atoms with Gasteiger partial charge in [0.15, 0.2) is 0 Å². The first kappa shape index (κ1) is 21.0. The van der Waals surface area contributed by atoms with Gasteiger partial charge in [-0.1, -0.05) is 37.5 Å². The fraction of sp³-hybridized carbons (Fsp3) is 0.478. The molecule has 0 atom stereocenters. The standard InChI is InChI=1S/C23H30N4O2/c1-17-21(15-24-18(2)25-17)23(29)26-13-9-5-4-6-10-14-27(19(3)28)22-12-8-7-11-20(22)16-26/h7-8,11-12,15H,4-6,9-10,13-14,16H2,1-3H3. The molecule has 1 aliphatic rings. The van der Waals surface area contributed by atoms with E-state index in [4.69, 9.17) is 0 Å². The Morgan fingerprint density at radius 2 is 1.66 bits per heavy atom. The number of benzene rings is 1. The summed E-state index contributed by atoms with van der Waals surface area (Å²) >= 11 is 0. The number of aryl methyl sites for hydroxylation is 2. The van der Waals surface area contributed by atoms with Crippen LogP contribution in [0.1, 0.15) is 66.5 Å². The molecule has 0 saturated heterocycles. The molecular weight excluding hydrogens is 364 g/mol. The van der Waals surface area contributed by atoms with E-state index in [-0.39, 0.29) is 11.8 Å². The molecule has 0 radical (unpaired) electrons. The molecule has 1 aromatic heterocycles. The smallest absolute Gasteiger partial charge is 0.257 e. The van der Waals surface area contributed by atoms with Crippen LogP contribution < -0.4 is 4.90 Å². The van der Waals surface area contributed by atoms with Crippen molar-refractivity contribution in [2.24, 2.45) is 0 Å². The number of aromatic nitrogens is 2. The van der Waals surface area contributed by atoms with Crippen molar-refractivity contribution in [2.45, 2.75) is 59.4 Å². The average molecular weight is 395 g/mol. The molecule has 1 aliphatic heterocycles. The molecule has 6 nitrogen and oxygen atoms in total. The number of hydrogen-bond acceptors (Lipinski definition) is 4. The molecule has 2 aromatic rings. The summed E-state index contributed by atoms with van der Waals surface area (Å²) in [7, 11) is 0. The third-order valence-corrected chi connectivity index (χ3v) is 5.45. The maximum Gasteiger partial charge on any atom is 0.257 e. The van der Waals surface area contributed by atoms with Gasteiger partial charge in [-0.2, -0.15) is 0 Å². The summed E-state index contributed by atoms with van der Waals surface area (Å²) in [4.78, 5) is 38.0. The second-order valence-electron chi connectivity index (χ2n) is 7.71. The normalized spacial score (nSPS) is 15.8. The van der Waals surface area contributed by atoms with E-state index in [1.807, 2.05) is 47.9 Å². The van der Waals surface area contributed by atoms with Crippen LogP contribution in [0.2, 0.25) is 0 Å². The van der Waals surface area contributed by atoms with E-state index in [0.29, 0.717) is 36.7 Å². The number of carbonyl (C=O) groups is 2. The zero-order valence-electron chi connectivity index (χ0n) is 17.6. The lowest BCUT2D eigenvalue weighted by molar-refractivity contribution is -0.116. The molecule has 0 unspecified atom stereocenters. The van der Waals surface area contributed by atoms with Gasteiger partial charge in [-0.25, -0.2) is 9.97 Å². The van der Waals surface area contributed by atoms with Crippen LogP contribution in [0.4, 0.5) is 5.69 Å². The highest BCUT2D eigenvalue weighted by molar-refractivity contribution is 5.95. The van der Waals surface area contributed by atoms with E-state index in [9.17, 15) is 9.59 Å². The molecule has 1 aromatic carbocycles. The van der Waals surface area contributed by atoms with E-state index >= 15 is 0 Å². The van der Waals surface area contributed by atoms with Crippen molar-refractivity contribution in [3.8, 4) is 0 Å². The van der Waals surface area contributed by atoms with Crippen LogP contribution in [0.5, 0.6) is 0 Å². The highest BCUT2D eigenvalue weighted by Crippen LogP contribution is 2.25. The van der Waals surface area contributed by atoms with Crippen molar-refractivity contribution in [1.82, 2.24) is 14.9 Å². The van der Waals surface area contributed by atoms with E-state index in [2.05, 4.69) is 9.97 Å². The molecular formula is C23H30N4O2. The predicted octanol–water partition coefficient (Wildman–Crippen LogP) is 4.05. The summed E-state index contributed by atoms with van der Waals surface area (Å²) in [6.07, 6.45) is 6.87. The van der Waals surface area contributed by atoms with Crippen LogP contribution >= 0.6 is 0 Å². The second-order valence-corrected chi connectivity index (χ2v) is 7.71. The quantitative estimate of drug-likeness (QED) is 0.732. The Balaban J connectivity index is 1.96. The largest absolute Gasteiger partial charge is 0.334 e. The van der Waals surface area contributed by atoms with Crippen molar-refractivity contribution in [2.75, 3.05) is 18.0 Å². The fourth-order valence-electron chi connectivity index (χ4n) is 3.88. The molecule has 2 heterocycles. The summed E-state index contributed by atoms with van der Waals surface area (Å²) in [5.74, 6) is 0.647. The van der Waals surface area contributed by atoms with Gasteiger partial charge in [-0.05, 0) is 38.3 Å². The molecule has 0 spiro atoms. The van der Waals surface area contributed by atoms with Crippen molar-refractivity contribution < 1.29 is 9.59 Å². The lowest BCUT2D eigenvalue weighted by Gasteiger charge is -2.29. The number of anilines is 1. The third kappa shape index (κ3) is 5.19. The Labute approximate surface area is 173 Å². The van der Waals surface area contributed by atoms with Gasteiger partial charge in [0, 0.05) is 38.4 Å². The van der Waals surface area contributed by atoms with Crippen LogP contribution in [0.3, 0.4) is 0 Å². The minimum Gasteiger partial charge on any atom is -0.334 e. The molecule has 29 heavy (non-hydrogen) atoms. The van der Waals surface area contributed by atoms with Gasteiger partial charge in [0.1, 0.15) is 5.82 Å². The number of carbonyl (C=O) groups excluding carboxylic acids is 2. The van der Waals surface area contributed by atoms with Crippen LogP contribution in [0, 0.1) is 13.8 Å². The molecule has 6 heteroatoms. The molecule has 2 amide bonds. The van der Waals surface area contributed by atoms with Crippen molar-refractivity contribution in [1.29, 1.82) is 0 Å². The number of para-hydroxylation sites is 1. The highest BCUT2D eigenvalue weighted by atomic mass is 16.2.